The molecule has 0 radical (unpaired) electrons. The number of nitrogens with one attached hydrogen (secondary N) is 1. The van der Waals surface area contributed by atoms with Crippen molar-refractivity contribution in [2.45, 2.75) is 39.0 Å². The van der Waals surface area contributed by atoms with Gasteiger partial charge in [0.2, 0.25) is 5.91 Å². The van der Waals surface area contributed by atoms with Gasteiger partial charge in [0.05, 0.1) is 5.69 Å². The number of carbonyl (C=O) groups excluding carboxylic acids is 2. The summed E-state index contributed by atoms with van der Waals surface area (Å²) >= 11 is 6.16. The molecule has 5 heteroatoms. The van der Waals surface area contributed by atoms with Crippen LogP contribution in [0.3, 0.4) is 0 Å². The van der Waals surface area contributed by atoms with Gasteiger partial charge in [0.25, 0.3) is 0 Å². The van der Waals surface area contributed by atoms with E-state index in [4.69, 9.17) is 16.3 Å². The Labute approximate surface area is 170 Å². The molecule has 28 heavy (non-hydrogen) atoms. The Hall–Kier alpha value is -2.33. The summed E-state index contributed by atoms with van der Waals surface area (Å²) in [6, 6.07) is 12.9. The van der Waals surface area contributed by atoms with Gasteiger partial charge in [-0.25, -0.2) is 0 Å². The summed E-state index contributed by atoms with van der Waals surface area (Å²) in [7, 11) is 0. The fourth-order valence-electron chi connectivity index (χ4n) is 4.35. The maximum Gasteiger partial charge on any atom is 0.227 e. The van der Waals surface area contributed by atoms with Crippen LogP contribution in [-0.2, 0) is 9.59 Å². The molecule has 1 amide bonds. The molecule has 2 saturated carbocycles. The molecular formula is C23H24ClNO3. The van der Waals surface area contributed by atoms with Crippen LogP contribution in [0.5, 0.6) is 11.5 Å². The number of aryl methyl sites for hydroxylation is 1. The lowest BCUT2D eigenvalue weighted by Gasteiger charge is -2.37. The Morgan fingerprint density at radius 2 is 1.75 bits per heavy atom. The fourth-order valence-corrected chi connectivity index (χ4v) is 4.52. The van der Waals surface area contributed by atoms with Gasteiger partial charge in [-0.3, -0.25) is 9.59 Å². The van der Waals surface area contributed by atoms with E-state index in [0.717, 1.165) is 24.8 Å². The maximum atomic E-state index is 12.9. The molecule has 2 unspecified atom stereocenters. The number of carbonyl (C=O) groups is 2. The van der Waals surface area contributed by atoms with E-state index in [1.807, 2.05) is 31.2 Å². The molecule has 4 rings (SSSR count). The molecule has 2 aromatic carbocycles. The van der Waals surface area contributed by atoms with Crippen molar-refractivity contribution in [2.24, 2.45) is 17.8 Å². The number of ketones is 1. The van der Waals surface area contributed by atoms with E-state index in [1.54, 1.807) is 18.2 Å². The number of ether oxygens (including phenoxy) is 1. The Morgan fingerprint density at radius 1 is 1.07 bits per heavy atom. The van der Waals surface area contributed by atoms with Gasteiger partial charge in [-0.05, 0) is 62.9 Å². The summed E-state index contributed by atoms with van der Waals surface area (Å²) in [6.45, 7) is 2.02. The molecule has 0 spiro atoms. The van der Waals surface area contributed by atoms with Crippen molar-refractivity contribution in [3.05, 3.63) is 53.1 Å². The highest BCUT2D eigenvalue weighted by Crippen LogP contribution is 2.41. The third-order valence-electron chi connectivity index (χ3n) is 5.87. The molecule has 146 valence electrons. The van der Waals surface area contributed by atoms with Crippen molar-refractivity contribution in [2.75, 3.05) is 5.32 Å². The number of anilines is 1. The van der Waals surface area contributed by atoms with Crippen LogP contribution in [0, 0.1) is 24.7 Å². The van der Waals surface area contributed by atoms with Crippen LogP contribution in [0.1, 0.15) is 37.7 Å². The van der Waals surface area contributed by atoms with Crippen LogP contribution in [0.15, 0.2) is 42.5 Å². The van der Waals surface area contributed by atoms with Crippen LogP contribution < -0.4 is 10.1 Å². The predicted molar refractivity (Wildman–Crippen MR) is 110 cm³/mol. The third-order valence-corrected chi connectivity index (χ3v) is 6.10. The monoisotopic (exact) mass is 397 g/mol. The molecule has 2 atom stereocenters. The van der Waals surface area contributed by atoms with Gasteiger partial charge in [-0.2, -0.15) is 0 Å². The number of Topliss-reactive ketones (excluding diaryl/α,β-unsaturated/α-hetero) is 1. The SMILES string of the molecule is Cc1ccc(Oc2ccc(Cl)cc2NC(=O)C2CC3CCCC(C2)C3=O)cc1. The maximum absolute atomic E-state index is 12.9. The number of benzene rings is 2. The fraction of sp³-hybridized carbons (Fsp3) is 0.391. The zero-order chi connectivity index (χ0) is 19.7. The average molecular weight is 398 g/mol. The largest absolute Gasteiger partial charge is 0.455 e. The lowest BCUT2D eigenvalue weighted by molar-refractivity contribution is -0.136. The highest BCUT2D eigenvalue weighted by atomic mass is 35.5. The lowest BCUT2D eigenvalue weighted by Crippen LogP contribution is -2.40. The van der Waals surface area contributed by atoms with E-state index in [1.165, 1.54) is 0 Å². The van der Waals surface area contributed by atoms with Crippen molar-refractivity contribution in [1.82, 2.24) is 0 Å². The van der Waals surface area contributed by atoms with Crippen LogP contribution in [0.25, 0.3) is 0 Å². The highest BCUT2D eigenvalue weighted by Gasteiger charge is 2.41. The van der Waals surface area contributed by atoms with Crippen molar-refractivity contribution in [3.63, 3.8) is 0 Å². The van der Waals surface area contributed by atoms with Gasteiger partial charge in [-0.15, -0.1) is 0 Å². The molecule has 0 aliphatic heterocycles. The van der Waals surface area contributed by atoms with Crippen molar-refractivity contribution >= 4 is 29.0 Å². The van der Waals surface area contributed by atoms with E-state index in [0.29, 0.717) is 40.8 Å². The minimum atomic E-state index is -0.140. The number of fused-ring (bicyclic) bond motifs is 2. The topological polar surface area (TPSA) is 55.4 Å². The molecule has 2 fully saturated rings. The number of hydrogen-bond acceptors (Lipinski definition) is 3. The van der Waals surface area contributed by atoms with Crippen molar-refractivity contribution in [3.8, 4) is 11.5 Å². The van der Waals surface area contributed by atoms with Crippen LogP contribution in [0.4, 0.5) is 5.69 Å². The Balaban J connectivity index is 1.51. The zero-order valence-corrected chi connectivity index (χ0v) is 16.7. The van der Waals surface area contributed by atoms with E-state index in [9.17, 15) is 9.59 Å². The summed E-state index contributed by atoms with van der Waals surface area (Å²) in [4.78, 5) is 25.2. The summed E-state index contributed by atoms with van der Waals surface area (Å²) < 4.78 is 5.97. The smallest absolute Gasteiger partial charge is 0.227 e. The van der Waals surface area contributed by atoms with Gasteiger partial charge in [0.1, 0.15) is 11.5 Å². The molecule has 1 N–H and O–H groups in total. The van der Waals surface area contributed by atoms with E-state index >= 15 is 0 Å². The second-order valence-corrected chi connectivity index (χ2v) is 8.38. The highest BCUT2D eigenvalue weighted by molar-refractivity contribution is 6.31. The van der Waals surface area contributed by atoms with Crippen LogP contribution >= 0.6 is 11.6 Å². The first-order chi connectivity index (χ1) is 13.5. The molecule has 0 aromatic heterocycles. The first kappa shape index (κ1) is 19.0. The van der Waals surface area contributed by atoms with Crippen LogP contribution in [-0.4, -0.2) is 11.7 Å². The molecule has 0 heterocycles. The number of halogens is 1. The minimum Gasteiger partial charge on any atom is -0.455 e. The second-order valence-electron chi connectivity index (χ2n) is 7.94. The third kappa shape index (κ3) is 4.07. The molecule has 4 nitrogen and oxygen atoms in total. The summed E-state index contributed by atoms with van der Waals surface area (Å²) in [5, 5.41) is 3.53. The van der Waals surface area contributed by atoms with Gasteiger partial charge in [-0.1, -0.05) is 35.7 Å². The lowest BCUT2D eigenvalue weighted by atomic mass is 9.67. The minimum absolute atomic E-state index is 0.0471. The van der Waals surface area contributed by atoms with Crippen molar-refractivity contribution in [1.29, 1.82) is 0 Å². The predicted octanol–water partition coefficient (Wildman–Crippen LogP) is 5.77. The van der Waals surface area contributed by atoms with Gasteiger partial charge < -0.3 is 10.1 Å². The molecule has 2 aromatic rings. The molecule has 2 aliphatic carbocycles. The Bertz CT molecular complexity index is 877. The second kappa shape index (κ2) is 7.96. The van der Waals surface area contributed by atoms with E-state index in [-0.39, 0.29) is 23.7 Å². The summed E-state index contributed by atoms with van der Waals surface area (Å²) in [5.74, 6) is 1.51. The standard InChI is InChI=1S/C23H24ClNO3/c1-14-5-8-19(9-6-14)28-21-10-7-18(24)13-20(21)25-23(27)17-11-15-3-2-4-16(12-17)22(15)26/h5-10,13,15-17H,2-4,11-12H2,1H3,(H,25,27). The Morgan fingerprint density at radius 3 is 2.43 bits per heavy atom. The zero-order valence-electron chi connectivity index (χ0n) is 15.9. The molecular weight excluding hydrogens is 374 g/mol. The molecule has 0 saturated heterocycles. The number of amides is 1. The van der Waals surface area contributed by atoms with E-state index < -0.39 is 0 Å². The average Bonchev–Trinajstić information content (AvgIpc) is 2.65. The molecule has 2 bridgehead atoms. The van der Waals surface area contributed by atoms with Crippen LogP contribution in [0.2, 0.25) is 5.02 Å². The summed E-state index contributed by atoms with van der Waals surface area (Å²) in [6.07, 6.45) is 4.22. The number of rotatable bonds is 4. The summed E-state index contributed by atoms with van der Waals surface area (Å²) in [5.41, 5.74) is 1.70. The number of hydrogen-bond donors (Lipinski definition) is 1. The van der Waals surface area contributed by atoms with Crippen molar-refractivity contribution < 1.29 is 14.3 Å². The van der Waals surface area contributed by atoms with E-state index in [2.05, 4.69) is 5.32 Å². The first-order valence-electron chi connectivity index (χ1n) is 9.88. The first-order valence-corrected chi connectivity index (χ1v) is 10.3. The van der Waals surface area contributed by atoms with Gasteiger partial charge in [0, 0.05) is 22.8 Å². The Kier molecular flexibility index (Phi) is 5.40. The molecule has 2 aliphatic rings. The van der Waals surface area contributed by atoms with Gasteiger partial charge >= 0.3 is 0 Å². The normalized spacial score (nSPS) is 23.9. The van der Waals surface area contributed by atoms with Gasteiger partial charge in [0.15, 0.2) is 5.75 Å². The quantitative estimate of drug-likeness (QED) is 0.711.